The molecule has 3 N–H and O–H groups in total. The van der Waals surface area contributed by atoms with E-state index < -0.39 is 19.9 Å². The van der Waals surface area contributed by atoms with Gasteiger partial charge in [-0.1, -0.05) is 24.4 Å². The Balaban J connectivity index is 2.36. The van der Waals surface area contributed by atoms with E-state index in [9.17, 15) is 16.8 Å². The number of nitrogens with two attached hydrogens (primary N) is 1. The van der Waals surface area contributed by atoms with E-state index >= 15 is 0 Å². The summed E-state index contributed by atoms with van der Waals surface area (Å²) in [4.78, 5) is -0.301. The minimum Gasteiger partial charge on any atom is -0.330 e. The van der Waals surface area contributed by atoms with Crippen LogP contribution in [0.3, 0.4) is 0 Å². The van der Waals surface area contributed by atoms with Crippen molar-refractivity contribution < 1.29 is 16.8 Å². The minimum absolute atomic E-state index is 0.00925. The summed E-state index contributed by atoms with van der Waals surface area (Å²) >= 11 is 5.98. The number of benzene rings is 1. The number of hydrogen-bond acceptors (Lipinski definition) is 5. The third-order valence-electron chi connectivity index (χ3n) is 4.14. The van der Waals surface area contributed by atoms with E-state index in [1.807, 2.05) is 0 Å². The average molecular weight is 381 g/mol. The first-order valence-electron chi connectivity index (χ1n) is 7.37. The number of halogens is 1. The van der Waals surface area contributed by atoms with Crippen molar-refractivity contribution in [3.05, 3.63) is 23.2 Å². The fourth-order valence-electron chi connectivity index (χ4n) is 2.83. The first kappa shape index (κ1) is 18.7. The highest BCUT2D eigenvalue weighted by Crippen LogP contribution is 2.28. The summed E-state index contributed by atoms with van der Waals surface area (Å²) in [6, 6.07) is 3.42. The van der Waals surface area contributed by atoms with Crippen molar-refractivity contribution in [1.82, 2.24) is 4.72 Å². The molecule has 0 heterocycles. The monoisotopic (exact) mass is 380 g/mol. The summed E-state index contributed by atoms with van der Waals surface area (Å²) in [5.74, 6) is 0.0791. The van der Waals surface area contributed by atoms with Crippen LogP contribution in [0.5, 0.6) is 0 Å². The molecular formula is C14H21ClN2O4S2. The highest BCUT2D eigenvalue weighted by atomic mass is 35.5. The van der Waals surface area contributed by atoms with Gasteiger partial charge in [-0.2, -0.15) is 0 Å². The maximum atomic E-state index is 12.6. The summed E-state index contributed by atoms with van der Waals surface area (Å²) in [5.41, 5.74) is 5.72. The lowest BCUT2D eigenvalue weighted by atomic mass is 9.85. The lowest BCUT2D eigenvalue weighted by Crippen LogP contribution is -2.44. The van der Waals surface area contributed by atoms with E-state index in [1.54, 1.807) is 0 Å². The molecule has 2 unspecified atom stereocenters. The standard InChI is InChI=1S/C14H21ClN2O4S2/c1-22(18,19)11-6-7-12(15)14(8-11)23(20,21)17-13-5-3-2-4-10(13)9-16/h6-8,10,13,17H,2-5,9,16H2,1H3. The van der Waals surface area contributed by atoms with Crippen molar-refractivity contribution in [1.29, 1.82) is 0 Å². The molecule has 2 atom stereocenters. The Hall–Kier alpha value is -0.670. The molecule has 1 saturated carbocycles. The normalized spacial score (nSPS) is 22.9. The second-order valence-corrected chi connectivity index (χ2v) is 9.98. The summed E-state index contributed by atoms with van der Waals surface area (Å²) in [6.07, 6.45) is 4.57. The molecule has 9 heteroatoms. The van der Waals surface area contributed by atoms with Gasteiger partial charge in [-0.05, 0) is 43.5 Å². The average Bonchev–Trinajstić information content (AvgIpc) is 2.46. The molecule has 130 valence electrons. The topological polar surface area (TPSA) is 106 Å². The summed E-state index contributed by atoms with van der Waals surface area (Å²) in [7, 11) is -7.44. The zero-order chi connectivity index (χ0) is 17.3. The van der Waals surface area contributed by atoms with Crippen LogP contribution >= 0.6 is 11.6 Å². The molecule has 1 aliphatic carbocycles. The number of hydrogen-bond donors (Lipinski definition) is 2. The Labute approximate surface area is 142 Å². The molecule has 0 aromatic heterocycles. The highest BCUT2D eigenvalue weighted by molar-refractivity contribution is 7.91. The Kier molecular flexibility index (Phi) is 5.73. The Morgan fingerprint density at radius 2 is 1.87 bits per heavy atom. The maximum absolute atomic E-state index is 12.6. The van der Waals surface area contributed by atoms with Gasteiger partial charge in [0.2, 0.25) is 10.0 Å². The molecule has 1 aliphatic rings. The third-order valence-corrected chi connectivity index (χ3v) is 7.22. The van der Waals surface area contributed by atoms with Crippen molar-refractivity contribution in [2.24, 2.45) is 11.7 Å². The summed E-state index contributed by atoms with van der Waals surface area (Å²) in [6.45, 7) is 0.407. The van der Waals surface area contributed by atoms with E-state index in [1.165, 1.54) is 12.1 Å². The molecule has 6 nitrogen and oxygen atoms in total. The van der Waals surface area contributed by atoms with E-state index in [4.69, 9.17) is 17.3 Å². The quantitative estimate of drug-likeness (QED) is 0.805. The van der Waals surface area contributed by atoms with Crippen LogP contribution in [0, 0.1) is 5.92 Å². The molecule has 1 fully saturated rings. The number of nitrogens with one attached hydrogen (secondary N) is 1. The zero-order valence-corrected chi connectivity index (χ0v) is 15.2. The van der Waals surface area contributed by atoms with Gasteiger partial charge in [0.1, 0.15) is 4.90 Å². The SMILES string of the molecule is CS(=O)(=O)c1ccc(Cl)c(S(=O)(=O)NC2CCCCC2CN)c1. The van der Waals surface area contributed by atoms with E-state index in [-0.39, 0.29) is 26.8 Å². The second-order valence-electron chi connectivity index (χ2n) is 5.87. The Morgan fingerprint density at radius 1 is 1.22 bits per heavy atom. The van der Waals surface area contributed by atoms with Crippen molar-refractivity contribution >= 4 is 31.5 Å². The van der Waals surface area contributed by atoms with Gasteiger partial charge in [-0.15, -0.1) is 0 Å². The van der Waals surface area contributed by atoms with Crippen molar-refractivity contribution in [3.63, 3.8) is 0 Å². The third kappa shape index (κ3) is 4.45. The minimum atomic E-state index is -3.92. The van der Waals surface area contributed by atoms with Crippen molar-refractivity contribution in [3.8, 4) is 0 Å². The van der Waals surface area contributed by atoms with E-state index in [0.717, 1.165) is 31.6 Å². The molecule has 0 saturated heterocycles. The first-order valence-corrected chi connectivity index (χ1v) is 11.1. The molecule has 1 aromatic rings. The van der Waals surface area contributed by atoms with E-state index in [2.05, 4.69) is 4.72 Å². The van der Waals surface area contributed by atoms with Gasteiger partial charge >= 0.3 is 0 Å². The van der Waals surface area contributed by atoms with E-state index in [0.29, 0.717) is 13.0 Å². The maximum Gasteiger partial charge on any atom is 0.242 e. The molecule has 0 amide bonds. The van der Waals surface area contributed by atoms with Crippen molar-refractivity contribution in [2.75, 3.05) is 12.8 Å². The molecule has 0 bridgehead atoms. The van der Waals surface area contributed by atoms with Crippen LogP contribution in [0.4, 0.5) is 0 Å². The molecule has 0 aliphatic heterocycles. The van der Waals surface area contributed by atoms with Gasteiger partial charge in [-0.25, -0.2) is 21.6 Å². The predicted octanol–water partition coefficient (Wildman–Crippen LogP) is 1.54. The largest absolute Gasteiger partial charge is 0.330 e. The van der Waals surface area contributed by atoms with Gasteiger partial charge in [0.05, 0.1) is 9.92 Å². The number of sulfonamides is 1. The van der Waals surface area contributed by atoms with Gasteiger partial charge in [0.25, 0.3) is 0 Å². The van der Waals surface area contributed by atoms with Crippen molar-refractivity contribution in [2.45, 2.75) is 41.5 Å². The van der Waals surface area contributed by atoms with Crippen LogP contribution in [0.1, 0.15) is 25.7 Å². The smallest absolute Gasteiger partial charge is 0.242 e. The van der Waals surface area contributed by atoms with Crippen LogP contribution in [0.25, 0.3) is 0 Å². The van der Waals surface area contributed by atoms with Crippen LogP contribution in [0.2, 0.25) is 5.02 Å². The Bertz CT molecular complexity index is 778. The Morgan fingerprint density at radius 3 is 2.48 bits per heavy atom. The van der Waals surface area contributed by atoms with Crippen LogP contribution in [-0.2, 0) is 19.9 Å². The fraction of sp³-hybridized carbons (Fsp3) is 0.571. The molecule has 0 spiro atoms. The van der Waals surface area contributed by atoms with Gasteiger partial charge in [-0.3, -0.25) is 0 Å². The lowest BCUT2D eigenvalue weighted by Gasteiger charge is -2.31. The fourth-order valence-corrected chi connectivity index (χ4v) is 5.41. The molecule has 1 aromatic carbocycles. The van der Waals surface area contributed by atoms with Gasteiger partial charge in [0, 0.05) is 12.3 Å². The molecule has 2 rings (SSSR count). The van der Waals surface area contributed by atoms with Gasteiger partial charge in [0.15, 0.2) is 9.84 Å². The van der Waals surface area contributed by atoms with Crippen LogP contribution in [-0.4, -0.2) is 35.7 Å². The lowest BCUT2D eigenvalue weighted by molar-refractivity contribution is 0.296. The number of rotatable bonds is 5. The van der Waals surface area contributed by atoms with Gasteiger partial charge < -0.3 is 5.73 Å². The second kappa shape index (κ2) is 7.06. The predicted molar refractivity (Wildman–Crippen MR) is 89.7 cm³/mol. The summed E-state index contributed by atoms with van der Waals surface area (Å²) < 4.78 is 51.2. The van der Waals surface area contributed by atoms with Crippen LogP contribution < -0.4 is 10.5 Å². The summed E-state index contributed by atoms with van der Waals surface area (Å²) in [5, 5.41) is -0.00925. The number of sulfone groups is 1. The van der Waals surface area contributed by atoms with Crippen LogP contribution in [0.15, 0.2) is 28.0 Å². The zero-order valence-electron chi connectivity index (χ0n) is 12.8. The highest BCUT2D eigenvalue weighted by Gasteiger charge is 2.30. The molecular weight excluding hydrogens is 360 g/mol. The first-order chi connectivity index (χ1) is 10.6. The molecule has 23 heavy (non-hydrogen) atoms. The molecule has 0 radical (unpaired) electrons.